The molecule has 0 amide bonds. The molecule has 2 unspecified atom stereocenters. The maximum atomic E-state index is 12.3. The molecule has 0 heterocycles. The fourth-order valence-corrected chi connectivity index (χ4v) is 2.60. The molecule has 0 spiro atoms. The second-order valence-electron chi connectivity index (χ2n) is 9.64. The van der Waals surface area contributed by atoms with Crippen LogP contribution in [0.3, 0.4) is 0 Å². The number of ether oxygens (including phenoxy) is 6. The Hall–Kier alpha value is -1.26. The van der Waals surface area contributed by atoms with Crippen molar-refractivity contribution in [2.45, 2.75) is 111 Å². The van der Waals surface area contributed by atoms with E-state index in [2.05, 4.69) is 0 Å². The Morgan fingerprint density at radius 1 is 0.750 bits per heavy atom. The molecule has 1 N–H and O–H groups in total. The predicted molar refractivity (Wildman–Crippen MR) is 119 cm³/mol. The van der Waals surface area contributed by atoms with Crippen molar-refractivity contribution in [1.29, 1.82) is 0 Å². The van der Waals surface area contributed by atoms with E-state index in [-0.39, 0.29) is 38.6 Å². The molecule has 2 atom stereocenters. The van der Waals surface area contributed by atoms with Gasteiger partial charge < -0.3 is 33.5 Å². The van der Waals surface area contributed by atoms with E-state index in [0.717, 1.165) is 0 Å². The summed E-state index contributed by atoms with van der Waals surface area (Å²) in [4.78, 5) is 24.5. The van der Waals surface area contributed by atoms with Crippen molar-refractivity contribution >= 4 is 11.9 Å². The minimum atomic E-state index is -1.31. The van der Waals surface area contributed by atoms with Crippen LogP contribution < -0.4 is 0 Å². The van der Waals surface area contributed by atoms with Crippen LogP contribution >= 0.6 is 0 Å². The number of aliphatic hydroxyl groups is 1. The summed E-state index contributed by atoms with van der Waals surface area (Å²) in [7, 11) is 0. The average molecular weight is 465 g/mol. The van der Waals surface area contributed by atoms with Crippen LogP contribution in [-0.4, -0.2) is 78.8 Å². The molecule has 0 fully saturated rings. The Balaban J connectivity index is 4.24. The Labute approximate surface area is 193 Å². The van der Waals surface area contributed by atoms with Crippen LogP contribution in [0.2, 0.25) is 0 Å². The van der Waals surface area contributed by atoms with Gasteiger partial charge in [0.15, 0.2) is 17.0 Å². The van der Waals surface area contributed by atoms with Crippen LogP contribution in [0.15, 0.2) is 0 Å². The van der Waals surface area contributed by atoms with E-state index in [1.807, 2.05) is 20.8 Å². The quantitative estimate of drug-likeness (QED) is 0.209. The Kier molecular flexibility index (Phi) is 12.9. The lowest BCUT2D eigenvalue weighted by atomic mass is 10.1. The highest BCUT2D eigenvalue weighted by Gasteiger charge is 2.33. The van der Waals surface area contributed by atoms with E-state index in [0.29, 0.717) is 6.42 Å². The Bertz CT molecular complexity index is 564. The van der Waals surface area contributed by atoms with Gasteiger partial charge in [-0.1, -0.05) is 0 Å². The molecule has 0 aliphatic carbocycles. The molecule has 9 nitrogen and oxygen atoms in total. The van der Waals surface area contributed by atoms with E-state index in [1.165, 1.54) is 13.8 Å². The van der Waals surface area contributed by atoms with Crippen LogP contribution in [0.4, 0.5) is 0 Å². The summed E-state index contributed by atoms with van der Waals surface area (Å²) in [6, 6.07) is 0. The lowest BCUT2D eigenvalue weighted by molar-refractivity contribution is -0.215. The van der Waals surface area contributed by atoms with Gasteiger partial charge in [0.05, 0.1) is 31.5 Å². The lowest BCUT2D eigenvalue weighted by Crippen LogP contribution is -2.40. The summed E-state index contributed by atoms with van der Waals surface area (Å²) < 4.78 is 32.6. The van der Waals surface area contributed by atoms with Crippen molar-refractivity contribution in [3.05, 3.63) is 0 Å². The first kappa shape index (κ1) is 30.7. The molecule has 0 radical (unpaired) electrons. The molecule has 0 saturated carbocycles. The zero-order chi connectivity index (χ0) is 25.2. The van der Waals surface area contributed by atoms with Crippen molar-refractivity contribution in [3.63, 3.8) is 0 Å². The summed E-state index contributed by atoms with van der Waals surface area (Å²) in [5.41, 5.74) is -2.27. The van der Waals surface area contributed by atoms with Crippen molar-refractivity contribution in [1.82, 2.24) is 0 Å². The summed E-state index contributed by atoms with van der Waals surface area (Å²) in [5.74, 6) is -2.31. The molecule has 0 aliphatic heterocycles. The molecule has 0 bridgehead atoms. The van der Waals surface area contributed by atoms with Gasteiger partial charge in [-0.2, -0.15) is 0 Å². The first-order chi connectivity index (χ1) is 14.5. The first-order valence-electron chi connectivity index (χ1n) is 11.1. The van der Waals surface area contributed by atoms with Crippen molar-refractivity contribution in [2.24, 2.45) is 0 Å². The first-order valence-corrected chi connectivity index (χ1v) is 11.1. The van der Waals surface area contributed by atoms with Gasteiger partial charge in [-0.25, -0.2) is 9.59 Å². The molecule has 0 aromatic carbocycles. The second-order valence-corrected chi connectivity index (χ2v) is 9.64. The van der Waals surface area contributed by atoms with Gasteiger partial charge in [-0.3, -0.25) is 0 Å². The molecule has 0 aliphatic rings. The number of carbonyl (C=O) groups excluding carboxylic acids is 2. The number of esters is 2. The van der Waals surface area contributed by atoms with Gasteiger partial charge in [0.2, 0.25) is 0 Å². The minimum absolute atomic E-state index is 0.00412. The monoisotopic (exact) mass is 464 g/mol. The highest BCUT2D eigenvalue weighted by Crippen LogP contribution is 2.16. The minimum Gasteiger partial charge on any atom is -0.461 e. The van der Waals surface area contributed by atoms with Crippen molar-refractivity contribution in [2.75, 3.05) is 26.4 Å². The molecule has 190 valence electrons. The van der Waals surface area contributed by atoms with Gasteiger partial charge in [-0.15, -0.1) is 0 Å². The SMILES string of the molecule is CC(C)OC(C)COC(=O)C(C)(C)OCCCOC(C)(C)C(=O)OCC(C)OC(C)(C)O. The summed E-state index contributed by atoms with van der Waals surface area (Å²) in [6.07, 6.45) is -0.141. The van der Waals surface area contributed by atoms with Gasteiger partial charge in [0.1, 0.15) is 13.2 Å². The maximum absolute atomic E-state index is 12.3. The third-order valence-corrected chi connectivity index (χ3v) is 4.09. The topological polar surface area (TPSA) is 110 Å². The van der Waals surface area contributed by atoms with Gasteiger partial charge in [0.25, 0.3) is 0 Å². The molecule has 0 rings (SSSR count). The number of carbonyl (C=O) groups is 2. The van der Waals surface area contributed by atoms with Crippen LogP contribution in [0.5, 0.6) is 0 Å². The van der Waals surface area contributed by atoms with Crippen LogP contribution in [0.1, 0.15) is 75.7 Å². The van der Waals surface area contributed by atoms with E-state index < -0.39 is 35.0 Å². The predicted octanol–water partition coefficient (Wildman–Crippen LogP) is 3.00. The molecular formula is C23H44O9. The maximum Gasteiger partial charge on any atom is 0.337 e. The van der Waals surface area contributed by atoms with E-state index in [9.17, 15) is 14.7 Å². The fraction of sp³-hybridized carbons (Fsp3) is 0.913. The Morgan fingerprint density at radius 2 is 1.16 bits per heavy atom. The van der Waals surface area contributed by atoms with E-state index in [1.54, 1.807) is 34.6 Å². The summed E-state index contributed by atoms with van der Waals surface area (Å²) >= 11 is 0. The second kappa shape index (κ2) is 13.4. The summed E-state index contributed by atoms with van der Waals surface area (Å²) in [5, 5.41) is 9.62. The number of rotatable bonds is 16. The average Bonchev–Trinajstić information content (AvgIpc) is 2.61. The lowest BCUT2D eigenvalue weighted by Gasteiger charge is -2.27. The van der Waals surface area contributed by atoms with E-state index in [4.69, 9.17) is 28.4 Å². The smallest absolute Gasteiger partial charge is 0.337 e. The van der Waals surface area contributed by atoms with Gasteiger partial charge in [0, 0.05) is 0 Å². The van der Waals surface area contributed by atoms with E-state index >= 15 is 0 Å². The molecular weight excluding hydrogens is 420 g/mol. The fourth-order valence-electron chi connectivity index (χ4n) is 2.60. The molecule has 0 saturated heterocycles. The zero-order valence-corrected chi connectivity index (χ0v) is 21.5. The third kappa shape index (κ3) is 14.0. The highest BCUT2D eigenvalue weighted by atomic mass is 16.6. The molecule has 32 heavy (non-hydrogen) atoms. The Morgan fingerprint density at radius 3 is 1.53 bits per heavy atom. The number of hydrogen-bond donors (Lipinski definition) is 1. The van der Waals surface area contributed by atoms with Gasteiger partial charge in [-0.05, 0) is 75.7 Å². The third-order valence-electron chi connectivity index (χ3n) is 4.09. The largest absolute Gasteiger partial charge is 0.461 e. The standard InChI is InChI=1S/C23H44O9/c1-16(2)31-17(3)14-27-19(24)21(5,6)29-12-11-13-30-22(7,8)20(25)28-15-18(4)32-23(9,10)26/h16-18,26H,11-15H2,1-10H3. The highest BCUT2D eigenvalue weighted by molar-refractivity contribution is 5.79. The number of hydrogen-bond acceptors (Lipinski definition) is 9. The molecule has 9 heteroatoms. The van der Waals surface area contributed by atoms with Crippen LogP contribution in [-0.2, 0) is 38.0 Å². The van der Waals surface area contributed by atoms with Gasteiger partial charge >= 0.3 is 11.9 Å². The van der Waals surface area contributed by atoms with Crippen LogP contribution in [0.25, 0.3) is 0 Å². The van der Waals surface area contributed by atoms with Crippen molar-refractivity contribution < 1.29 is 43.1 Å². The zero-order valence-electron chi connectivity index (χ0n) is 21.5. The molecule has 0 aromatic heterocycles. The normalized spacial score (nSPS) is 14.9. The van der Waals surface area contributed by atoms with Crippen LogP contribution in [0, 0.1) is 0 Å². The molecule has 0 aromatic rings. The van der Waals surface area contributed by atoms with Crippen molar-refractivity contribution in [3.8, 4) is 0 Å². The summed E-state index contributed by atoms with van der Waals surface area (Å²) in [6.45, 7) is 17.5.